The molecule has 0 saturated heterocycles. The van der Waals surface area contributed by atoms with Crippen LogP contribution in [-0.4, -0.2) is 22.1 Å². The number of rotatable bonds is 8. The van der Waals surface area contributed by atoms with Crippen LogP contribution >= 0.6 is 31.9 Å². The number of carboxylic acid groups (broad SMARTS) is 1. The van der Waals surface area contributed by atoms with E-state index in [2.05, 4.69) is 37.2 Å². The summed E-state index contributed by atoms with van der Waals surface area (Å²) in [5.74, 6) is -0.393. The number of benzene rings is 3. The SMILES string of the molecule is O=C(O)Cc1cc(Br)c(Oc2ccc(O)c(NC(=O)CCc3ccccc3)c2)c(Br)c1. The molecule has 31 heavy (non-hydrogen) atoms. The molecule has 6 nitrogen and oxygen atoms in total. The Morgan fingerprint density at radius 3 is 2.26 bits per heavy atom. The first-order valence-electron chi connectivity index (χ1n) is 9.36. The van der Waals surface area contributed by atoms with Crippen molar-refractivity contribution < 1.29 is 24.5 Å². The summed E-state index contributed by atoms with van der Waals surface area (Å²) in [4.78, 5) is 23.2. The number of carbonyl (C=O) groups is 2. The molecule has 0 aliphatic rings. The van der Waals surface area contributed by atoms with Crippen molar-refractivity contribution in [1.29, 1.82) is 0 Å². The Labute approximate surface area is 196 Å². The van der Waals surface area contributed by atoms with Crippen molar-refractivity contribution in [1.82, 2.24) is 0 Å². The molecule has 0 heterocycles. The van der Waals surface area contributed by atoms with E-state index in [1.165, 1.54) is 12.1 Å². The number of hydrogen-bond acceptors (Lipinski definition) is 4. The van der Waals surface area contributed by atoms with Crippen LogP contribution in [0, 0.1) is 0 Å². The lowest BCUT2D eigenvalue weighted by molar-refractivity contribution is -0.136. The van der Waals surface area contributed by atoms with E-state index in [1.807, 2.05) is 30.3 Å². The first-order valence-corrected chi connectivity index (χ1v) is 10.9. The van der Waals surface area contributed by atoms with Crippen molar-refractivity contribution in [2.45, 2.75) is 19.3 Å². The van der Waals surface area contributed by atoms with Crippen LogP contribution in [0.15, 0.2) is 69.6 Å². The van der Waals surface area contributed by atoms with Crippen molar-refractivity contribution in [3.63, 3.8) is 0 Å². The Hall–Kier alpha value is -2.84. The summed E-state index contributed by atoms with van der Waals surface area (Å²) in [5.41, 5.74) is 1.90. The molecule has 0 spiro atoms. The highest BCUT2D eigenvalue weighted by Gasteiger charge is 2.14. The van der Waals surface area contributed by atoms with Crippen LogP contribution in [-0.2, 0) is 22.4 Å². The minimum Gasteiger partial charge on any atom is -0.506 e. The summed E-state index contributed by atoms with van der Waals surface area (Å²) in [6.07, 6.45) is 0.749. The molecule has 3 N–H and O–H groups in total. The second-order valence-electron chi connectivity index (χ2n) is 6.77. The predicted octanol–water partition coefficient (Wildman–Crippen LogP) is 5.91. The number of aryl methyl sites for hydroxylation is 1. The molecule has 8 heteroatoms. The minimum atomic E-state index is -0.932. The Balaban J connectivity index is 1.71. The number of halogens is 2. The quantitative estimate of drug-likeness (QED) is 0.304. The summed E-state index contributed by atoms with van der Waals surface area (Å²) >= 11 is 6.79. The van der Waals surface area contributed by atoms with Gasteiger partial charge in [-0.2, -0.15) is 0 Å². The van der Waals surface area contributed by atoms with Crippen molar-refractivity contribution in [2.24, 2.45) is 0 Å². The molecule has 1 amide bonds. The van der Waals surface area contributed by atoms with Gasteiger partial charge in [0.2, 0.25) is 5.91 Å². The number of carboxylic acids is 1. The van der Waals surface area contributed by atoms with Crippen LogP contribution in [0.5, 0.6) is 17.2 Å². The Morgan fingerprint density at radius 2 is 1.61 bits per heavy atom. The number of hydrogen-bond donors (Lipinski definition) is 3. The molecule has 0 aliphatic carbocycles. The number of phenolic OH excluding ortho intramolecular Hbond substituents is 1. The third-order valence-electron chi connectivity index (χ3n) is 4.36. The third-order valence-corrected chi connectivity index (χ3v) is 5.54. The van der Waals surface area contributed by atoms with Gasteiger partial charge in [0.1, 0.15) is 11.5 Å². The molecule has 0 aromatic heterocycles. The molecule has 0 bridgehead atoms. The summed E-state index contributed by atoms with van der Waals surface area (Å²) in [6.45, 7) is 0. The van der Waals surface area contributed by atoms with Gasteiger partial charge in [0, 0.05) is 12.5 Å². The van der Waals surface area contributed by atoms with E-state index in [-0.39, 0.29) is 30.2 Å². The number of nitrogens with one attached hydrogen (secondary N) is 1. The van der Waals surface area contributed by atoms with E-state index in [0.717, 1.165) is 5.56 Å². The zero-order chi connectivity index (χ0) is 22.4. The van der Waals surface area contributed by atoms with E-state index in [0.29, 0.717) is 32.4 Å². The average Bonchev–Trinajstić information content (AvgIpc) is 2.72. The smallest absolute Gasteiger partial charge is 0.307 e. The first kappa shape index (κ1) is 22.8. The standard InChI is InChI=1S/C23H19Br2NO5/c24-17-10-15(12-22(29)30)11-18(25)23(17)31-16-7-8-20(27)19(13-16)26-21(28)9-6-14-4-2-1-3-5-14/h1-5,7-8,10-11,13,27H,6,9,12H2,(H,26,28)(H,29,30). The van der Waals surface area contributed by atoms with Gasteiger partial charge < -0.3 is 20.3 Å². The van der Waals surface area contributed by atoms with Gasteiger partial charge in [-0.25, -0.2) is 0 Å². The second kappa shape index (κ2) is 10.5. The molecule has 3 rings (SSSR count). The van der Waals surface area contributed by atoms with Crippen LogP contribution < -0.4 is 10.1 Å². The van der Waals surface area contributed by atoms with Gasteiger partial charge in [0.15, 0.2) is 5.75 Å². The summed E-state index contributed by atoms with van der Waals surface area (Å²) in [7, 11) is 0. The van der Waals surface area contributed by atoms with Crippen LogP contribution in [0.2, 0.25) is 0 Å². The maximum Gasteiger partial charge on any atom is 0.307 e. The maximum atomic E-state index is 12.3. The summed E-state index contributed by atoms with van der Waals surface area (Å²) in [5, 5.41) is 21.8. The van der Waals surface area contributed by atoms with Crippen LogP contribution in [0.25, 0.3) is 0 Å². The number of amides is 1. The fraction of sp³-hybridized carbons (Fsp3) is 0.130. The average molecular weight is 549 g/mol. The summed E-state index contributed by atoms with van der Waals surface area (Å²) in [6, 6.07) is 17.5. The largest absolute Gasteiger partial charge is 0.506 e. The molecule has 0 aliphatic heterocycles. The summed E-state index contributed by atoms with van der Waals surface area (Å²) < 4.78 is 7.04. The highest BCUT2D eigenvalue weighted by molar-refractivity contribution is 9.11. The van der Waals surface area contributed by atoms with E-state index < -0.39 is 5.97 Å². The lowest BCUT2D eigenvalue weighted by Crippen LogP contribution is -2.12. The molecule has 0 saturated carbocycles. The van der Waals surface area contributed by atoms with E-state index >= 15 is 0 Å². The monoisotopic (exact) mass is 547 g/mol. The van der Waals surface area contributed by atoms with Gasteiger partial charge in [0.05, 0.1) is 21.1 Å². The molecular formula is C23H19Br2NO5. The number of aliphatic carboxylic acids is 1. The molecule has 3 aromatic carbocycles. The Kier molecular flexibility index (Phi) is 7.70. The van der Waals surface area contributed by atoms with E-state index in [4.69, 9.17) is 9.84 Å². The number of ether oxygens (including phenoxy) is 1. The van der Waals surface area contributed by atoms with Crippen molar-refractivity contribution in [3.8, 4) is 17.2 Å². The van der Waals surface area contributed by atoms with Gasteiger partial charge in [-0.1, -0.05) is 30.3 Å². The van der Waals surface area contributed by atoms with Gasteiger partial charge >= 0.3 is 5.97 Å². The molecule has 0 unspecified atom stereocenters. The van der Waals surface area contributed by atoms with Crippen molar-refractivity contribution in [3.05, 3.63) is 80.7 Å². The molecule has 3 aromatic rings. The van der Waals surface area contributed by atoms with Gasteiger partial charge in [0.25, 0.3) is 0 Å². The number of phenols is 1. The van der Waals surface area contributed by atoms with Gasteiger partial charge in [-0.3, -0.25) is 9.59 Å². The maximum absolute atomic E-state index is 12.3. The fourth-order valence-corrected chi connectivity index (χ4v) is 4.34. The molecule has 160 valence electrons. The molecule has 0 atom stereocenters. The highest BCUT2D eigenvalue weighted by Crippen LogP contribution is 2.39. The zero-order valence-corrected chi connectivity index (χ0v) is 19.4. The Morgan fingerprint density at radius 1 is 0.935 bits per heavy atom. The first-order chi connectivity index (χ1) is 14.8. The number of aromatic hydroxyl groups is 1. The predicted molar refractivity (Wildman–Crippen MR) is 125 cm³/mol. The van der Waals surface area contributed by atoms with Crippen LogP contribution in [0.1, 0.15) is 17.5 Å². The van der Waals surface area contributed by atoms with Crippen molar-refractivity contribution >= 4 is 49.4 Å². The lowest BCUT2D eigenvalue weighted by Gasteiger charge is -2.14. The van der Waals surface area contributed by atoms with E-state index in [9.17, 15) is 14.7 Å². The molecule has 0 fully saturated rings. The topological polar surface area (TPSA) is 95.9 Å². The van der Waals surface area contributed by atoms with E-state index in [1.54, 1.807) is 18.2 Å². The van der Waals surface area contributed by atoms with Crippen LogP contribution in [0.3, 0.4) is 0 Å². The fourth-order valence-electron chi connectivity index (χ4n) is 2.90. The minimum absolute atomic E-state index is 0.0738. The van der Waals surface area contributed by atoms with Gasteiger partial charge in [-0.15, -0.1) is 0 Å². The van der Waals surface area contributed by atoms with Crippen LogP contribution in [0.4, 0.5) is 5.69 Å². The lowest BCUT2D eigenvalue weighted by atomic mass is 10.1. The number of carbonyl (C=O) groups excluding carboxylic acids is 1. The third kappa shape index (κ3) is 6.57. The molecular weight excluding hydrogens is 530 g/mol. The second-order valence-corrected chi connectivity index (χ2v) is 8.48. The zero-order valence-electron chi connectivity index (χ0n) is 16.3. The number of anilines is 1. The molecule has 0 radical (unpaired) electrons. The van der Waals surface area contributed by atoms with Gasteiger partial charge in [-0.05, 0) is 73.7 Å². The van der Waals surface area contributed by atoms with Crippen molar-refractivity contribution in [2.75, 3.05) is 5.32 Å². The normalized spacial score (nSPS) is 10.5. The Bertz CT molecular complexity index is 1080. The highest BCUT2D eigenvalue weighted by atomic mass is 79.9.